The monoisotopic (exact) mass is 1570 g/mol. The van der Waals surface area contributed by atoms with E-state index in [0.29, 0.717) is 25.7 Å². The fourth-order valence-corrected chi connectivity index (χ4v) is 14.4. The number of aliphatic hydroxyl groups is 1. The van der Waals surface area contributed by atoms with E-state index in [0.717, 1.165) is 135 Å². The minimum absolute atomic E-state index is 0.0898. The van der Waals surface area contributed by atoms with Crippen molar-refractivity contribution < 1.29 is 80.2 Å². The number of carbonyl (C=O) groups is 4. The molecule has 0 aromatic carbocycles. The van der Waals surface area contributed by atoms with Crippen LogP contribution in [0.25, 0.3) is 0 Å². The van der Waals surface area contributed by atoms with Crippen molar-refractivity contribution in [2.24, 2.45) is 0 Å². The average molecular weight is 1570 g/mol. The second-order valence-electron chi connectivity index (χ2n) is 30.5. The molecule has 108 heavy (non-hydrogen) atoms. The summed E-state index contributed by atoms with van der Waals surface area (Å²) in [4.78, 5) is 73.3. The van der Waals surface area contributed by atoms with Gasteiger partial charge in [0, 0.05) is 25.7 Å². The first-order valence-electron chi connectivity index (χ1n) is 44.9. The summed E-state index contributed by atoms with van der Waals surface area (Å²) in [5.74, 6) is -2.14. The van der Waals surface area contributed by atoms with Crippen molar-refractivity contribution in [2.75, 3.05) is 39.6 Å². The van der Waals surface area contributed by atoms with Crippen LogP contribution in [0.4, 0.5) is 0 Å². The number of carbonyl (C=O) groups excluding carboxylic acids is 4. The topological polar surface area (TPSA) is 237 Å². The molecule has 0 aliphatic heterocycles. The number of rotatable bonds is 86. The van der Waals surface area contributed by atoms with E-state index in [9.17, 15) is 43.2 Å². The largest absolute Gasteiger partial charge is 0.472 e. The van der Waals surface area contributed by atoms with Gasteiger partial charge in [-0.3, -0.25) is 37.3 Å². The van der Waals surface area contributed by atoms with Gasteiger partial charge in [-0.15, -0.1) is 0 Å². The standard InChI is InChI=1S/C89H166O17P2/c1-5-9-13-17-21-25-29-32-35-38-41-44-47-50-54-57-61-65-69-73-86(91)99-79-84(105-88(93)75-71-67-63-59-53-28-24-20-16-12-8-4)81-103-107(95,96)101-77-83(90)78-102-108(97,98)104-82-85(106-89(94)76-72-68-64-60-56-52-49-46-43-40-37-34-31-27-23-19-15-11-7-3)80-100-87(92)74-70-66-62-58-55-51-48-45-42-39-36-33-30-26-22-18-14-10-6-2/h20,24,32-37,83-85,90H,5-19,21-23,25-31,38-82H2,1-4H3,(H,95,96)(H,97,98)/b24-20-,35-32-,36-33-,37-34-/t83?,84-,85-/m1/s1. The molecule has 0 aromatic rings. The molecule has 5 atom stereocenters. The van der Waals surface area contributed by atoms with Crippen LogP contribution in [0, 0.1) is 0 Å². The van der Waals surface area contributed by atoms with E-state index in [-0.39, 0.29) is 25.7 Å². The lowest BCUT2D eigenvalue weighted by Gasteiger charge is -2.21. The Morgan fingerprint density at radius 2 is 0.435 bits per heavy atom. The minimum atomic E-state index is -4.98. The normalized spacial score (nSPS) is 14.0. The highest BCUT2D eigenvalue weighted by Crippen LogP contribution is 2.45. The SMILES string of the molecule is CCCC/C=C\CCCCCCCC(=O)O[C@H](COC(=O)CCCCCCCCCCC/C=C\CCCCCCCC)COP(=O)(O)OCC(O)COP(=O)(O)OC[C@@H](COC(=O)CCCCCCCCCCC/C=C\CCCCCCCC)OC(=O)CCCCCCCCCCC/C=C\CCCCCCCC. The van der Waals surface area contributed by atoms with Crippen molar-refractivity contribution in [3.8, 4) is 0 Å². The lowest BCUT2D eigenvalue weighted by molar-refractivity contribution is -0.161. The highest BCUT2D eigenvalue weighted by atomic mass is 31.2. The third-order valence-corrected chi connectivity index (χ3v) is 21.6. The Morgan fingerprint density at radius 1 is 0.250 bits per heavy atom. The molecule has 634 valence electrons. The first-order valence-corrected chi connectivity index (χ1v) is 47.9. The van der Waals surface area contributed by atoms with E-state index < -0.39 is 97.5 Å². The van der Waals surface area contributed by atoms with Crippen molar-refractivity contribution in [1.82, 2.24) is 0 Å². The van der Waals surface area contributed by atoms with Crippen LogP contribution >= 0.6 is 15.6 Å². The molecule has 3 unspecified atom stereocenters. The summed E-state index contributed by atoms with van der Waals surface area (Å²) in [5.41, 5.74) is 0. The van der Waals surface area contributed by atoms with Crippen LogP contribution in [-0.4, -0.2) is 96.7 Å². The zero-order valence-electron chi connectivity index (χ0n) is 69.8. The summed E-state index contributed by atoms with van der Waals surface area (Å²) in [5, 5.41) is 10.7. The maximum Gasteiger partial charge on any atom is 0.472 e. The van der Waals surface area contributed by atoms with Crippen LogP contribution in [0.15, 0.2) is 48.6 Å². The maximum atomic E-state index is 13.2. The average Bonchev–Trinajstić information content (AvgIpc) is 0.900. The molecule has 19 heteroatoms. The fourth-order valence-electron chi connectivity index (χ4n) is 12.8. The van der Waals surface area contributed by atoms with Gasteiger partial charge in [-0.2, -0.15) is 0 Å². The molecule has 3 N–H and O–H groups in total. The first-order chi connectivity index (χ1) is 52.7. The lowest BCUT2D eigenvalue weighted by Crippen LogP contribution is -2.30. The Kier molecular flexibility index (Phi) is 79.8. The van der Waals surface area contributed by atoms with Crippen molar-refractivity contribution in [1.29, 1.82) is 0 Å². The molecule has 0 saturated carbocycles. The van der Waals surface area contributed by atoms with Crippen molar-refractivity contribution in [3.05, 3.63) is 48.6 Å². The quantitative estimate of drug-likeness (QED) is 0.0169. The van der Waals surface area contributed by atoms with E-state index >= 15 is 0 Å². The molecule has 0 amide bonds. The summed E-state index contributed by atoms with van der Waals surface area (Å²) in [6.45, 7) is 4.94. The summed E-state index contributed by atoms with van der Waals surface area (Å²) in [6.07, 6.45) is 83.6. The molecule has 0 bridgehead atoms. The third kappa shape index (κ3) is 81.0. The molecule has 0 aliphatic rings. The van der Waals surface area contributed by atoms with Crippen LogP contribution in [0.3, 0.4) is 0 Å². The van der Waals surface area contributed by atoms with Crippen LogP contribution < -0.4 is 0 Å². The van der Waals surface area contributed by atoms with Crippen molar-refractivity contribution in [3.63, 3.8) is 0 Å². The van der Waals surface area contributed by atoms with Crippen LogP contribution in [-0.2, 0) is 65.4 Å². The van der Waals surface area contributed by atoms with E-state index in [1.54, 1.807) is 0 Å². The molecular weight excluding hydrogens is 1400 g/mol. The Balaban J connectivity index is 5.26. The first kappa shape index (κ1) is 105. The number of allylic oxidation sites excluding steroid dienone is 8. The molecule has 17 nitrogen and oxygen atoms in total. The van der Waals surface area contributed by atoms with Crippen LogP contribution in [0.5, 0.6) is 0 Å². The van der Waals surface area contributed by atoms with E-state index in [1.165, 1.54) is 225 Å². The van der Waals surface area contributed by atoms with E-state index in [4.69, 9.17) is 37.0 Å². The number of aliphatic hydroxyl groups excluding tert-OH is 1. The number of hydrogen-bond acceptors (Lipinski definition) is 15. The van der Waals surface area contributed by atoms with Gasteiger partial charge in [0.05, 0.1) is 26.4 Å². The lowest BCUT2D eigenvalue weighted by atomic mass is 10.1. The number of phosphoric ester groups is 2. The van der Waals surface area contributed by atoms with Gasteiger partial charge in [-0.25, -0.2) is 9.13 Å². The number of phosphoric acid groups is 2. The van der Waals surface area contributed by atoms with Crippen molar-refractivity contribution >= 4 is 39.5 Å². The zero-order valence-corrected chi connectivity index (χ0v) is 71.6. The summed E-state index contributed by atoms with van der Waals surface area (Å²) in [6, 6.07) is 0. The highest BCUT2D eigenvalue weighted by molar-refractivity contribution is 7.47. The summed E-state index contributed by atoms with van der Waals surface area (Å²) < 4.78 is 68.9. The van der Waals surface area contributed by atoms with Gasteiger partial charge in [-0.1, -0.05) is 340 Å². The van der Waals surface area contributed by atoms with E-state index in [1.807, 2.05) is 0 Å². The van der Waals surface area contributed by atoms with E-state index in [2.05, 4.69) is 76.3 Å². The van der Waals surface area contributed by atoms with Gasteiger partial charge in [0.2, 0.25) is 0 Å². The minimum Gasteiger partial charge on any atom is -0.462 e. The van der Waals surface area contributed by atoms with Gasteiger partial charge >= 0.3 is 39.5 Å². The van der Waals surface area contributed by atoms with Crippen LogP contribution in [0.1, 0.15) is 439 Å². The molecule has 0 saturated heterocycles. The molecular formula is C89H166O17P2. The van der Waals surface area contributed by atoms with Gasteiger partial charge in [0.15, 0.2) is 12.2 Å². The number of hydrogen-bond donors (Lipinski definition) is 3. The Bertz CT molecular complexity index is 2220. The summed E-state index contributed by atoms with van der Waals surface area (Å²) in [7, 11) is -9.95. The van der Waals surface area contributed by atoms with Gasteiger partial charge in [0.1, 0.15) is 19.3 Å². The predicted molar refractivity (Wildman–Crippen MR) is 446 cm³/mol. The van der Waals surface area contributed by atoms with Gasteiger partial charge in [-0.05, 0) is 122 Å². The molecule has 0 rings (SSSR count). The summed E-state index contributed by atoms with van der Waals surface area (Å²) >= 11 is 0. The molecule has 0 spiro atoms. The van der Waals surface area contributed by atoms with Gasteiger partial charge in [0.25, 0.3) is 0 Å². The molecule has 0 aromatic heterocycles. The Hall–Kier alpha value is -2.98. The highest BCUT2D eigenvalue weighted by Gasteiger charge is 2.30. The number of unbranched alkanes of at least 4 members (excludes halogenated alkanes) is 52. The number of ether oxygens (including phenoxy) is 4. The number of esters is 4. The Labute approximate surface area is 661 Å². The van der Waals surface area contributed by atoms with Crippen LogP contribution in [0.2, 0.25) is 0 Å². The fraction of sp³-hybridized carbons (Fsp3) is 0.865. The van der Waals surface area contributed by atoms with Crippen molar-refractivity contribution in [2.45, 2.75) is 457 Å². The molecule has 0 aliphatic carbocycles. The second kappa shape index (κ2) is 82.0. The third-order valence-electron chi connectivity index (χ3n) is 19.7. The zero-order chi connectivity index (χ0) is 78.9. The predicted octanol–water partition coefficient (Wildman–Crippen LogP) is 26.8. The Morgan fingerprint density at radius 3 is 0.667 bits per heavy atom. The van der Waals surface area contributed by atoms with Gasteiger partial charge < -0.3 is 33.8 Å². The molecule has 0 fully saturated rings. The smallest absolute Gasteiger partial charge is 0.462 e. The molecule has 0 heterocycles. The maximum absolute atomic E-state index is 13.2. The second-order valence-corrected chi connectivity index (χ2v) is 33.4. The molecule has 0 radical (unpaired) electrons.